The van der Waals surface area contributed by atoms with Gasteiger partial charge in [-0.05, 0) is 150 Å². The van der Waals surface area contributed by atoms with Crippen LogP contribution in [0, 0.1) is 0 Å². The molecule has 8 aromatic rings. The Morgan fingerprint density at radius 3 is 1.45 bits per heavy atom. The quantitative estimate of drug-likeness (QED) is 0.0524. The topological polar surface area (TPSA) is 109 Å². The number of hydrogen-bond acceptors (Lipinski definition) is 9. The van der Waals surface area contributed by atoms with Crippen LogP contribution >= 0.6 is 0 Å². The molecule has 8 aromatic carbocycles. The third-order valence-electron chi connectivity index (χ3n) is 17.4. The minimum absolute atomic E-state index is 0.0545. The zero-order valence-electron chi connectivity index (χ0n) is 46.3. The lowest BCUT2D eigenvalue weighted by molar-refractivity contribution is -0.0717. The number of aldehydes is 1. The minimum Gasteiger partial charge on any atom is -0.497 e. The molecule has 2 aliphatic heterocycles. The van der Waals surface area contributed by atoms with E-state index in [9.17, 15) is 9.90 Å². The SMILES string of the molecule is COc1ccc2c(c1)C(c1ccccc1)CC2(c1ccc(OCC(O)COC(C)(C)c2ccc(C3(c4ccc(OCC5CO5)cc4)CC(c4ccccc4)c4cc(C=O)ccc43)cc2)cc1)c1ccc(C(C)(C)OCC2CO2)cc1. The van der Waals surface area contributed by atoms with E-state index in [0.29, 0.717) is 24.5 Å². The predicted molar refractivity (Wildman–Crippen MR) is 311 cm³/mol. The summed E-state index contributed by atoms with van der Waals surface area (Å²) in [6.07, 6.45) is 1.98. The van der Waals surface area contributed by atoms with E-state index in [2.05, 4.69) is 184 Å². The van der Waals surface area contributed by atoms with Crippen LogP contribution in [-0.2, 0) is 41.0 Å². The molecule has 12 rings (SSSR count). The number of fused-ring (bicyclic) bond motifs is 2. The summed E-state index contributed by atoms with van der Waals surface area (Å²) < 4.78 is 42.0. The van der Waals surface area contributed by atoms with Gasteiger partial charge in [0.1, 0.15) is 55.1 Å². The van der Waals surface area contributed by atoms with Gasteiger partial charge in [0.2, 0.25) is 0 Å². The number of carbonyl (C=O) groups is 1. The van der Waals surface area contributed by atoms with Gasteiger partial charge in [-0.3, -0.25) is 4.79 Å². The third kappa shape index (κ3) is 10.5. The van der Waals surface area contributed by atoms with Gasteiger partial charge in [-0.25, -0.2) is 0 Å². The van der Waals surface area contributed by atoms with E-state index in [-0.39, 0.29) is 37.3 Å². The Hall–Kier alpha value is -7.37. The summed E-state index contributed by atoms with van der Waals surface area (Å²) in [5.41, 5.74) is 12.4. The summed E-state index contributed by atoms with van der Waals surface area (Å²) in [4.78, 5) is 12.2. The van der Waals surface area contributed by atoms with Crippen molar-refractivity contribution in [2.75, 3.05) is 46.8 Å². The van der Waals surface area contributed by atoms with E-state index in [1.165, 1.54) is 33.4 Å². The smallest absolute Gasteiger partial charge is 0.150 e. The number of epoxide rings is 2. The van der Waals surface area contributed by atoms with E-state index in [4.69, 9.17) is 33.2 Å². The number of methoxy groups -OCH3 is 1. The fourth-order valence-electron chi connectivity index (χ4n) is 12.6. The molecule has 9 nitrogen and oxygen atoms in total. The zero-order valence-corrected chi connectivity index (χ0v) is 46.3. The standard InChI is InChI=1S/C71H70O9/c1-68(2,50-17-21-52(22-18-50)70(54-27-31-58(32-28-54)76-43-60-44-77-60)38-64(48-12-8-6-9-13-48)62-36-47(40-72)16-34-66(62)70)79-42-56(73)41-75-57-29-25-55(26-30-57)71(53-23-19-51(20-24-53)69(3,4)80-46-61-45-78-61)39-65(49-14-10-7-11-15-49)63-37-59(74-5)33-35-67(63)71/h6-37,40,56,60-61,64-65,73H,38-39,41-46H2,1-5H3. The highest BCUT2D eigenvalue weighted by molar-refractivity contribution is 5.77. The van der Waals surface area contributed by atoms with E-state index in [1.54, 1.807) is 7.11 Å². The molecule has 80 heavy (non-hydrogen) atoms. The molecule has 0 amide bonds. The first kappa shape index (κ1) is 53.3. The van der Waals surface area contributed by atoms with Gasteiger partial charge < -0.3 is 38.3 Å². The van der Waals surface area contributed by atoms with Crippen molar-refractivity contribution >= 4 is 6.29 Å². The highest BCUT2D eigenvalue weighted by Gasteiger charge is 2.49. The number of hydrogen-bond donors (Lipinski definition) is 1. The van der Waals surface area contributed by atoms with Crippen LogP contribution in [0.4, 0.5) is 0 Å². The molecule has 2 aliphatic carbocycles. The number of aliphatic hydroxyl groups excluding tert-OH is 1. The van der Waals surface area contributed by atoms with Gasteiger partial charge in [0, 0.05) is 28.2 Å². The summed E-state index contributed by atoms with van der Waals surface area (Å²) in [7, 11) is 1.73. The lowest BCUT2D eigenvalue weighted by Crippen LogP contribution is -2.31. The Morgan fingerprint density at radius 1 is 0.525 bits per heavy atom. The molecule has 4 aliphatic rings. The summed E-state index contributed by atoms with van der Waals surface area (Å²) in [5.74, 6) is 2.48. The Bertz CT molecular complexity index is 3420. The third-order valence-corrected chi connectivity index (χ3v) is 17.4. The maximum atomic E-state index is 12.2. The van der Waals surface area contributed by atoms with Crippen LogP contribution in [0.25, 0.3) is 0 Å². The van der Waals surface area contributed by atoms with E-state index < -0.39 is 28.1 Å². The Balaban J connectivity index is 0.769. The van der Waals surface area contributed by atoms with Gasteiger partial charge in [-0.15, -0.1) is 0 Å². The molecule has 0 bridgehead atoms. The van der Waals surface area contributed by atoms with Crippen LogP contribution in [0.5, 0.6) is 17.2 Å². The van der Waals surface area contributed by atoms with Crippen molar-refractivity contribution in [1.29, 1.82) is 0 Å². The lowest BCUT2D eigenvalue weighted by Gasteiger charge is -2.34. The molecule has 2 heterocycles. The average Bonchev–Trinajstić information content (AvgIpc) is 4.63. The van der Waals surface area contributed by atoms with E-state index in [1.807, 2.05) is 38.1 Å². The first-order valence-electron chi connectivity index (χ1n) is 28.1. The van der Waals surface area contributed by atoms with Crippen LogP contribution in [0.2, 0.25) is 0 Å². The van der Waals surface area contributed by atoms with Crippen LogP contribution in [-0.4, -0.2) is 76.5 Å². The van der Waals surface area contributed by atoms with Crippen molar-refractivity contribution < 1.29 is 43.1 Å². The molecule has 0 radical (unpaired) electrons. The first-order valence-corrected chi connectivity index (χ1v) is 28.1. The van der Waals surface area contributed by atoms with Gasteiger partial charge in [0.05, 0.1) is 44.7 Å². The molecule has 408 valence electrons. The van der Waals surface area contributed by atoms with Crippen LogP contribution < -0.4 is 14.2 Å². The Morgan fingerprint density at radius 2 is 0.963 bits per heavy atom. The van der Waals surface area contributed by atoms with Crippen LogP contribution in [0.1, 0.15) is 129 Å². The average molecular weight is 1070 g/mol. The maximum absolute atomic E-state index is 12.2. The largest absolute Gasteiger partial charge is 0.497 e. The van der Waals surface area contributed by atoms with Gasteiger partial charge in [0.25, 0.3) is 0 Å². The second-order valence-corrected chi connectivity index (χ2v) is 23.1. The van der Waals surface area contributed by atoms with E-state index >= 15 is 0 Å². The molecule has 1 N–H and O–H groups in total. The fraction of sp³-hybridized carbons (Fsp3) is 0.310. The monoisotopic (exact) mass is 1070 g/mol. The second kappa shape index (κ2) is 21.9. The molecule has 2 saturated heterocycles. The summed E-state index contributed by atoms with van der Waals surface area (Å²) in [6, 6.07) is 68.6. The normalized spacial score (nSPS) is 22.2. The number of carbonyl (C=O) groups excluding carboxylic acids is 1. The van der Waals surface area contributed by atoms with Gasteiger partial charge in [0.15, 0.2) is 0 Å². The van der Waals surface area contributed by atoms with Crippen molar-refractivity contribution in [2.45, 2.75) is 92.7 Å². The summed E-state index contributed by atoms with van der Waals surface area (Å²) >= 11 is 0. The molecule has 9 heteroatoms. The molecule has 0 saturated carbocycles. The number of aliphatic hydroxyl groups is 1. The Labute approximate surface area is 470 Å². The molecular weight excluding hydrogens is 997 g/mol. The van der Waals surface area contributed by atoms with Gasteiger partial charge in [-0.1, -0.05) is 152 Å². The summed E-state index contributed by atoms with van der Waals surface area (Å²) in [5, 5.41) is 11.4. The molecule has 0 aromatic heterocycles. The van der Waals surface area contributed by atoms with Crippen LogP contribution in [0.3, 0.4) is 0 Å². The maximum Gasteiger partial charge on any atom is 0.150 e. The van der Waals surface area contributed by atoms with Crippen molar-refractivity contribution in [3.63, 3.8) is 0 Å². The molecular formula is C71H70O9. The predicted octanol–water partition coefficient (Wildman–Crippen LogP) is 13.4. The minimum atomic E-state index is -0.889. The Kier molecular flexibility index (Phi) is 14.6. The van der Waals surface area contributed by atoms with Gasteiger partial charge in [-0.2, -0.15) is 0 Å². The highest BCUT2D eigenvalue weighted by Crippen LogP contribution is 2.58. The molecule has 7 unspecified atom stereocenters. The molecule has 0 spiro atoms. The van der Waals surface area contributed by atoms with Gasteiger partial charge >= 0.3 is 0 Å². The lowest BCUT2D eigenvalue weighted by atomic mass is 9.69. The number of rotatable bonds is 22. The second-order valence-electron chi connectivity index (χ2n) is 23.1. The van der Waals surface area contributed by atoms with Crippen molar-refractivity contribution in [3.05, 3.63) is 266 Å². The van der Waals surface area contributed by atoms with Crippen molar-refractivity contribution in [2.24, 2.45) is 0 Å². The first-order chi connectivity index (χ1) is 38.9. The fourth-order valence-corrected chi connectivity index (χ4v) is 12.6. The summed E-state index contributed by atoms with van der Waals surface area (Å²) in [6.45, 7) is 11.0. The number of ether oxygens (including phenoxy) is 7. The van der Waals surface area contributed by atoms with Crippen molar-refractivity contribution in [1.82, 2.24) is 0 Å². The van der Waals surface area contributed by atoms with Crippen molar-refractivity contribution in [3.8, 4) is 17.2 Å². The molecule has 7 atom stereocenters. The van der Waals surface area contributed by atoms with Crippen LogP contribution in [0.15, 0.2) is 194 Å². The highest BCUT2D eigenvalue weighted by atomic mass is 16.6. The zero-order chi connectivity index (χ0) is 55.1. The van der Waals surface area contributed by atoms with E-state index in [0.717, 1.165) is 77.2 Å². The molecule has 2 fully saturated rings. The number of benzene rings is 8.